The Bertz CT molecular complexity index is 1660. The Balaban J connectivity index is 1.70. The van der Waals surface area contributed by atoms with E-state index in [0.29, 0.717) is 44.6 Å². The zero-order chi connectivity index (χ0) is 22.0. The molecule has 0 radical (unpaired) electrons. The quantitative estimate of drug-likeness (QED) is 0.358. The lowest BCUT2D eigenvalue weighted by atomic mass is 10.0. The van der Waals surface area contributed by atoms with Crippen LogP contribution < -0.4 is 20.7 Å². The minimum Gasteiger partial charge on any atom is -0.490 e. The number of fused-ring (bicyclic) bond motifs is 4. The first-order valence-corrected chi connectivity index (χ1v) is 9.63. The van der Waals surface area contributed by atoms with Crippen LogP contribution in [0.4, 0.5) is 0 Å². The summed E-state index contributed by atoms with van der Waals surface area (Å²) < 4.78 is 33.4. The number of methoxy groups -OCH3 is 2. The molecule has 0 atom stereocenters. The van der Waals surface area contributed by atoms with Crippen molar-refractivity contribution in [2.45, 2.75) is 0 Å². The third kappa shape index (κ3) is 2.43. The predicted molar refractivity (Wildman–Crippen MR) is 117 cm³/mol. The second-order valence-corrected chi connectivity index (χ2v) is 7.22. The van der Waals surface area contributed by atoms with Crippen LogP contribution in [-0.4, -0.2) is 14.2 Å². The molecule has 8 heteroatoms. The van der Waals surface area contributed by atoms with Gasteiger partial charge in [0.2, 0.25) is 11.5 Å². The summed E-state index contributed by atoms with van der Waals surface area (Å²) in [6.07, 6.45) is 3.19. The Hall–Kier alpha value is -4.46. The highest BCUT2D eigenvalue weighted by atomic mass is 16.5. The van der Waals surface area contributed by atoms with Gasteiger partial charge in [-0.1, -0.05) is 0 Å². The van der Waals surface area contributed by atoms with Gasteiger partial charge in [0, 0.05) is 44.8 Å². The molecule has 0 aliphatic rings. The molecule has 0 unspecified atom stereocenters. The molecule has 0 saturated carbocycles. The average molecular weight is 430 g/mol. The maximum Gasteiger partial charge on any atom is 0.336 e. The summed E-state index contributed by atoms with van der Waals surface area (Å²) in [7, 11) is 2.98. The average Bonchev–Trinajstić information content (AvgIpc) is 3.39. The van der Waals surface area contributed by atoms with Crippen molar-refractivity contribution in [3.05, 3.63) is 69.8 Å². The summed E-state index contributed by atoms with van der Waals surface area (Å²) in [6, 6.07) is 9.78. The normalized spacial score (nSPS) is 11.7. The molecule has 2 aromatic carbocycles. The van der Waals surface area contributed by atoms with E-state index in [9.17, 15) is 9.59 Å². The zero-order valence-electron chi connectivity index (χ0n) is 16.9. The summed E-state index contributed by atoms with van der Waals surface area (Å²) in [6.45, 7) is 0. The van der Waals surface area contributed by atoms with Crippen molar-refractivity contribution in [3.8, 4) is 22.6 Å². The smallest absolute Gasteiger partial charge is 0.336 e. The van der Waals surface area contributed by atoms with E-state index in [-0.39, 0.29) is 0 Å². The number of rotatable bonds is 3. The first-order chi connectivity index (χ1) is 15.6. The maximum absolute atomic E-state index is 11.7. The van der Waals surface area contributed by atoms with Gasteiger partial charge in [-0.05, 0) is 24.3 Å². The maximum atomic E-state index is 11.7. The molecule has 158 valence electrons. The molecular weight excluding hydrogens is 416 g/mol. The minimum absolute atomic E-state index is 0.313. The Morgan fingerprint density at radius 2 is 1.06 bits per heavy atom. The van der Waals surface area contributed by atoms with E-state index in [1.807, 2.05) is 12.1 Å². The van der Waals surface area contributed by atoms with E-state index in [4.69, 9.17) is 27.1 Å². The lowest BCUT2D eigenvalue weighted by Crippen LogP contribution is -1.96. The van der Waals surface area contributed by atoms with E-state index >= 15 is 0 Å². The molecule has 0 spiro atoms. The predicted octanol–water partition coefficient (Wildman–Crippen LogP) is 5.08. The van der Waals surface area contributed by atoms with Gasteiger partial charge in [0.25, 0.3) is 0 Å². The van der Waals surface area contributed by atoms with Gasteiger partial charge >= 0.3 is 11.3 Å². The molecule has 4 aromatic heterocycles. The van der Waals surface area contributed by atoms with Crippen LogP contribution in [0.15, 0.2) is 76.2 Å². The first kappa shape index (κ1) is 18.3. The Morgan fingerprint density at radius 1 is 0.625 bits per heavy atom. The van der Waals surface area contributed by atoms with E-state index < -0.39 is 11.3 Å². The van der Waals surface area contributed by atoms with Crippen LogP contribution in [0.2, 0.25) is 0 Å². The van der Waals surface area contributed by atoms with Crippen molar-refractivity contribution in [2.24, 2.45) is 0 Å². The van der Waals surface area contributed by atoms with Gasteiger partial charge in [-0.3, -0.25) is 0 Å². The van der Waals surface area contributed by atoms with E-state index in [0.717, 1.165) is 21.9 Å². The van der Waals surface area contributed by atoms with E-state index in [1.54, 1.807) is 24.7 Å². The fourth-order valence-electron chi connectivity index (χ4n) is 4.11. The number of benzene rings is 2. The zero-order valence-corrected chi connectivity index (χ0v) is 16.9. The number of ether oxygens (including phenoxy) is 2. The molecule has 0 fully saturated rings. The lowest BCUT2D eigenvalue weighted by molar-refractivity contribution is 0.403. The number of hydrogen-bond donors (Lipinski definition) is 0. The van der Waals surface area contributed by atoms with Crippen molar-refractivity contribution in [1.29, 1.82) is 0 Å². The fraction of sp³-hybridized carbons (Fsp3) is 0.0833. The fourth-order valence-corrected chi connectivity index (χ4v) is 4.11. The standard InChI is InChI=1S/C24H14O8/c1-27-23-19-11(3-5-17(25)31-19)7-13-15(9-29-21(13)23)16-10-30-22-14(16)8-12-4-6-18(26)32-20(12)24(22)28-2/h3-10H,1-2H3. The second kappa shape index (κ2) is 6.52. The summed E-state index contributed by atoms with van der Waals surface area (Å²) >= 11 is 0. The van der Waals surface area contributed by atoms with Crippen LogP contribution in [0.25, 0.3) is 55.0 Å². The van der Waals surface area contributed by atoms with Crippen LogP contribution in [0.5, 0.6) is 11.5 Å². The lowest BCUT2D eigenvalue weighted by Gasteiger charge is -2.06. The highest BCUT2D eigenvalue weighted by molar-refractivity contribution is 6.12. The summed E-state index contributed by atoms with van der Waals surface area (Å²) in [4.78, 5) is 23.4. The SMILES string of the molecule is COc1c2oc(=O)ccc2cc2c(-c3coc4c(OC)c5oc(=O)ccc5cc34)coc12. The van der Waals surface area contributed by atoms with Gasteiger partial charge in [-0.25, -0.2) is 9.59 Å². The molecule has 0 amide bonds. The van der Waals surface area contributed by atoms with Crippen LogP contribution in [0.1, 0.15) is 0 Å². The topological polar surface area (TPSA) is 105 Å². The highest BCUT2D eigenvalue weighted by Gasteiger charge is 2.23. The molecule has 8 nitrogen and oxygen atoms in total. The molecule has 0 aliphatic carbocycles. The molecule has 0 N–H and O–H groups in total. The largest absolute Gasteiger partial charge is 0.490 e. The second-order valence-electron chi connectivity index (χ2n) is 7.22. The van der Waals surface area contributed by atoms with Crippen molar-refractivity contribution in [2.75, 3.05) is 14.2 Å². The minimum atomic E-state index is -0.478. The monoisotopic (exact) mass is 430 g/mol. The van der Waals surface area contributed by atoms with Crippen molar-refractivity contribution >= 4 is 43.9 Å². The van der Waals surface area contributed by atoms with Gasteiger partial charge in [-0.2, -0.15) is 0 Å². The first-order valence-electron chi connectivity index (χ1n) is 9.63. The van der Waals surface area contributed by atoms with Crippen molar-refractivity contribution in [1.82, 2.24) is 0 Å². The van der Waals surface area contributed by atoms with Gasteiger partial charge in [-0.15, -0.1) is 0 Å². The van der Waals surface area contributed by atoms with Crippen molar-refractivity contribution < 1.29 is 27.1 Å². The molecule has 32 heavy (non-hydrogen) atoms. The molecule has 6 rings (SSSR count). The van der Waals surface area contributed by atoms with Crippen LogP contribution in [0.3, 0.4) is 0 Å². The summed E-state index contributed by atoms with van der Waals surface area (Å²) in [5.74, 6) is 0.665. The third-order valence-corrected chi connectivity index (χ3v) is 5.51. The molecule has 0 bridgehead atoms. The van der Waals surface area contributed by atoms with E-state index in [2.05, 4.69) is 0 Å². The van der Waals surface area contributed by atoms with Gasteiger partial charge in [0.05, 0.1) is 26.7 Å². The van der Waals surface area contributed by atoms with Gasteiger partial charge < -0.3 is 27.1 Å². The number of hydrogen-bond acceptors (Lipinski definition) is 8. The molecule has 6 aromatic rings. The number of furan rings is 2. The van der Waals surface area contributed by atoms with Gasteiger partial charge in [0.1, 0.15) is 0 Å². The highest BCUT2D eigenvalue weighted by Crippen LogP contribution is 2.45. The molecule has 4 heterocycles. The van der Waals surface area contributed by atoms with Crippen molar-refractivity contribution in [3.63, 3.8) is 0 Å². The van der Waals surface area contributed by atoms with Crippen LogP contribution in [0, 0.1) is 0 Å². The summed E-state index contributed by atoms with van der Waals surface area (Å²) in [5, 5.41) is 2.89. The Labute approximate surface area is 178 Å². The van der Waals surface area contributed by atoms with Crippen LogP contribution >= 0.6 is 0 Å². The molecular formula is C24H14O8. The molecule has 0 saturated heterocycles. The Kier molecular flexibility index (Phi) is 3.73. The van der Waals surface area contributed by atoms with Crippen LogP contribution in [-0.2, 0) is 0 Å². The van der Waals surface area contributed by atoms with E-state index in [1.165, 1.54) is 26.4 Å². The van der Waals surface area contributed by atoms with Gasteiger partial charge in [0.15, 0.2) is 22.3 Å². The summed E-state index contributed by atoms with van der Waals surface area (Å²) in [5.41, 5.74) is 2.06. The Morgan fingerprint density at radius 3 is 1.47 bits per heavy atom. The third-order valence-electron chi connectivity index (χ3n) is 5.51. The molecule has 0 aliphatic heterocycles.